The molecule has 0 radical (unpaired) electrons. The second kappa shape index (κ2) is 5.05. The third kappa shape index (κ3) is 5.36. The molecule has 0 aromatic rings. The van der Waals surface area contributed by atoms with Gasteiger partial charge < -0.3 is 15.1 Å². The molecule has 78 valence electrons. The number of hydrogen-bond donors (Lipinski definition) is 4. The van der Waals surface area contributed by atoms with Crippen LogP contribution in [-0.2, 0) is 9.09 Å². The average Bonchev–Trinajstić information content (AvgIpc) is 2.04. The first kappa shape index (κ1) is 11.1. The monoisotopic (exact) mass is 210 g/mol. The van der Waals surface area contributed by atoms with Gasteiger partial charge in [-0.25, -0.2) is 4.57 Å². The minimum atomic E-state index is -4.31. The molecular formula is C6H15N2O4P. The average molecular weight is 210 g/mol. The van der Waals surface area contributed by atoms with Gasteiger partial charge in [-0.2, -0.15) is 0 Å². The summed E-state index contributed by atoms with van der Waals surface area (Å²) in [5.41, 5.74) is 0. The summed E-state index contributed by atoms with van der Waals surface area (Å²) in [6, 6.07) is 0.299. The number of rotatable bonds is 4. The summed E-state index contributed by atoms with van der Waals surface area (Å²) in [5, 5.41) is 6.11. The van der Waals surface area contributed by atoms with Crippen molar-refractivity contribution < 1.29 is 18.9 Å². The Labute approximate surface area is 76.9 Å². The third-order valence-electron chi connectivity index (χ3n) is 1.94. The molecule has 0 unspecified atom stereocenters. The molecule has 0 aromatic heterocycles. The normalized spacial score (nSPS) is 20.5. The molecule has 0 aromatic carbocycles. The van der Waals surface area contributed by atoms with Gasteiger partial charge in [-0.15, -0.1) is 0 Å². The zero-order valence-electron chi connectivity index (χ0n) is 7.27. The largest absolute Gasteiger partial charge is 0.470 e. The molecule has 0 aliphatic carbocycles. The fraction of sp³-hybridized carbons (Fsp3) is 1.00. The van der Waals surface area contributed by atoms with Gasteiger partial charge in [0.15, 0.2) is 0 Å². The highest BCUT2D eigenvalue weighted by molar-refractivity contribution is 7.46. The van der Waals surface area contributed by atoms with Crippen LogP contribution < -0.4 is 10.6 Å². The number of hydrogen-bond acceptors (Lipinski definition) is 4. The van der Waals surface area contributed by atoms with Gasteiger partial charge in [-0.3, -0.25) is 9.84 Å². The van der Waals surface area contributed by atoms with Crippen molar-refractivity contribution in [2.75, 3.05) is 19.8 Å². The van der Waals surface area contributed by atoms with E-state index < -0.39 is 7.82 Å². The van der Waals surface area contributed by atoms with Crippen LogP contribution in [0.2, 0.25) is 0 Å². The number of piperidine rings is 1. The lowest BCUT2D eigenvalue weighted by molar-refractivity contribution is 0.170. The van der Waals surface area contributed by atoms with Crippen LogP contribution in [0.5, 0.6) is 0 Å². The van der Waals surface area contributed by atoms with Crippen LogP contribution >= 0.6 is 7.82 Å². The van der Waals surface area contributed by atoms with Crippen LogP contribution in [0.1, 0.15) is 12.8 Å². The minimum absolute atomic E-state index is 0.0883. The molecule has 13 heavy (non-hydrogen) atoms. The van der Waals surface area contributed by atoms with Gasteiger partial charge in [0.2, 0.25) is 0 Å². The standard InChI is InChI=1S/C6H15N2O4P/c9-13(10,11)12-5-8-6-1-3-7-4-2-6/h6-8H,1-5H2,(H2,9,10,11). The molecule has 0 bridgehead atoms. The van der Waals surface area contributed by atoms with E-state index in [1.54, 1.807) is 0 Å². The molecule has 0 spiro atoms. The van der Waals surface area contributed by atoms with Gasteiger partial charge in [0.25, 0.3) is 0 Å². The van der Waals surface area contributed by atoms with Crippen molar-refractivity contribution in [1.29, 1.82) is 0 Å². The highest BCUT2D eigenvalue weighted by atomic mass is 31.2. The van der Waals surface area contributed by atoms with Gasteiger partial charge in [0, 0.05) is 6.04 Å². The van der Waals surface area contributed by atoms with E-state index in [2.05, 4.69) is 15.2 Å². The molecule has 0 amide bonds. The number of phosphoric acid groups is 1. The van der Waals surface area contributed by atoms with E-state index in [1.165, 1.54) is 0 Å². The summed E-state index contributed by atoms with van der Waals surface area (Å²) in [6.45, 7) is 1.79. The lowest BCUT2D eigenvalue weighted by Crippen LogP contribution is -2.40. The lowest BCUT2D eigenvalue weighted by atomic mass is 10.1. The van der Waals surface area contributed by atoms with E-state index in [-0.39, 0.29) is 6.73 Å². The number of phosphoric ester groups is 1. The van der Waals surface area contributed by atoms with Crippen LogP contribution in [0.4, 0.5) is 0 Å². The SMILES string of the molecule is O=P(O)(O)OCNC1CCNCC1. The van der Waals surface area contributed by atoms with Crippen LogP contribution in [0.25, 0.3) is 0 Å². The second-order valence-corrected chi connectivity index (χ2v) is 4.23. The smallest absolute Gasteiger partial charge is 0.317 e. The summed E-state index contributed by atoms with van der Waals surface area (Å²) in [6.07, 6.45) is 1.93. The maximum absolute atomic E-state index is 10.3. The second-order valence-electron chi connectivity index (χ2n) is 2.99. The predicted molar refractivity (Wildman–Crippen MR) is 47.0 cm³/mol. The van der Waals surface area contributed by atoms with Crippen LogP contribution in [0, 0.1) is 0 Å². The van der Waals surface area contributed by atoms with Crippen molar-refractivity contribution >= 4 is 7.82 Å². The molecule has 1 fully saturated rings. The van der Waals surface area contributed by atoms with Crippen molar-refractivity contribution in [1.82, 2.24) is 10.6 Å². The molecule has 1 aliphatic rings. The van der Waals surface area contributed by atoms with E-state index in [4.69, 9.17) is 9.79 Å². The Morgan fingerprint density at radius 1 is 1.46 bits per heavy atom. The van der Waals surface area contributed by atoms with Crippen LogP contribution in [0.15, 0.2) is 0 Å². The van der Waals surface area contributed by atoms with Crippen molar-refractivity contribution in [3.63, 3.8) is 0 Å². The summed E-state index contributed by atoms with van der Waals surface area (Å²) in [7, 11) is -4.31. The number of nitrogens with one attached hydrogen (secondary N) is 2. The van der Waals surface area contributed by atoms with Gasteiger partial charge in [-0.1, -0.05) is 0 Å². The minimum Gasteiger partial charge on any atom is -0.317 e. The van der Waals surface area contributed by atoms with Crippen LogP contribution in [0.3, 0.4) is 0 Å². The first-order chi connectivity index (χ1) is 6.08. The van der Waals surface area contributed by atoms with Gasteiger partial charge in [-0.05, 0) is 25.9 Å². The highest BCUT2D eigenvalue weighted by Crippen LogP contribution is 2.34. The first-order valence-corrected chi connectivity index (χ1v) is 5.75. The summed E-state index contributed by atoms with van der Waals surface area (Å²) < 4.78 is 14.6. The summed E-state index contributed by atoms with van der Waals surface area (Å²) in [5.74, 6) is 0. The van der Waals surface area contributed by atoms with Crippen molar-refractivity contribution in [2.45, 2.75) is 18.9 Å². The highest BCUT2D eigenvalue weighted by Gasteiger charge is 2.16. The summed E-state index contributed by atoms with van der Waals surface area (Å²) >= 11 is 0. The van der Waals surface area contributed by atoms with E-state index in [0.717, 1.165) is 25.9 Å². The van der Waals surface area contributed by atoms with Crippen LogP contribution in [-0.4, -0.2) is 35.6 Å². The first-order valence-electron chi connectivity index (χ1n) is 4.22. The van der Waals surface area contributed by atoms with Crippen molar-refractivity contribution in [2.24, 2.45) is 0 Å². The van der Waals surface area contributed by atoms with Gasteiger partial charge in [0.05, 0.1) is 0 Å². The molecule has 0 atom stereocenters. The molecule has 4 N–H and O–H groups in total. The molecule has 1 saturated heterocycles. The molecular weight excluding hydrogens is 195 g/mol. The van der Waals surface area contributed by atoms with Gasteiger partial charge >= 0.3 is 7.82 Å². The van der Waals surface area contributed by atoms with Crippen molar-refractivity contribution in [3.8, 4) is 0 Å². The molecule has 6 nitrogen and oxygen atoms in total. The third-order valence-corrected chi connectivity index (χ3v) is 2.41. The zero-order valence-corrected chi connectivity index (χ0v) is 8.17. The van der Waals surface area contributed by atoms with Crippen molar-refractivity contribution in [3.05, 3.63) is 0 Å². The van der Waals surface area contributed by atoms with Gasteiger partial charge in [0.1, 0.15) is 6.73 Å². The predicted octanol–water partition coefficient (Wildman–Crippen LogP) is -0.605. The molecule has 1 aliphatic heterocycles. The van der Waals surface area contributed by atoms with E-state index in [9.17, 15) is 4.57 Å². The van der Waals surface area contributed by atoms with E-state index in [1.807, 2.05) is 0 Å². The van der Waals surface area contributed by atoms with E-state index >= 15 is 0 Å². The molecule has 1 rings (SSSR count). The molecule has 7 heteroatoms. The Kier molecular flexibility index (Phi) is 4.31. The molecule has 0 saturated carbocycles. The van der Waals surface area contributed by atoms with E-state index in [0.29, 0.717) is 6.04 Å². The summed E-state index contributed by atoms with van der Waals surface area (Å²) in [4.78, 5) is 16.8. The zero-order chi connectivity index (χ0) is 9.73. The quantitative estimate of drug-likeness (QED) is 0.365. The fourth-order valence-corrected chi connectivity index (χ4v) is 1.51. The maximum atomic E-state index is 10.3. The fourth-order valence-electron chi connectivity index (χ4n) is 1.27. The topological polar surface area (TPSA) is 90.8 Å². The maximum Gasteiger partial charge on any atom is 0.470 e. The Hall–Kier alpha value is 0.0300. The Balaban J connectivity index is 2.08. The Morgan fingerprint density at radius 2 is 2.08 bits per heavy atom. The lowest BCUT2D eigenvalue weighted by Gasteiger charge is -2.23. The molecule has 1 heterocycles. The Morgan fingerprint density at radius 3 is 2.62 bits per heavy atom. The Bertz CT molecular complexity index is 189.